The largest absolute Gasteiger partial charge is 0.489 e. The van der Waals surface area contributed by atoms with Gasteiger partial charge in [-0.3, -0.25) is 0 Å². The first-order valence-electron chi connectivity index (χ1n) is 11.7. The summed E-state index contributed by atoms with van der Waals surface area (Å²) in [7, 11) is 1.73. The number of benzene rings is 2. The number of para-hydroxylation sites is 1. The van der Waals surface area contributed by atoms with Gasteiger partial charge in [0.15, 0.2) is 5.96 Å². The van der Waals surface area contributed by atoms with Crippen LogP contribution in [-0.4, -0.2) is 56.9 Å². The summed E-state index contributed by atoms with van der Waals surface area (Å²) in [5.74, 6) is 1.88. The van der Waals surface area contributed by atoms with Crippen molar-refractivity contribution in [1.82, 2.24) is 10.2 Å². The summed E-state index contributed by atoms with van der Waals surface area (Å²) < 4.78 is 16.9. The number of methoxy groups -OCH3 is 1. The van der Waals surface area contributed by atoms with E-state index in [0.29, 0.717) is 19.3 Å². The normalized spacial score (nSPS) is 15.1. The standard InChI is InChI=1S/C26H37N3O3/c1-3-27-26(29-16-14-25(15-17-29)31-19-7-18-30-2)28-20-22-10-12-23(13-11-22)21-32-24-8-5-4-6-9-24/h4-6,8-13,25H,3,7,14-21H2,1-2H3,(H,27,28). The van der Waals surface area contributed by atoms with Gasteiger partial charge in [0.25, 0.3) is 0 Å². The molecule has 0 saturated carbocycles. The third-order valence-corrected chi connectivity index (χ3v) is 5.51. The number of guanidine groups is 1. The number of ether oxygens (including phenoxy) is 3. The molecule has 6 nitrogen and oxygen atoms in total. The van der Waals surface area contributed by atoms with Crippen molar-refractivity contribution >= 4 is 5.96 Å². The van der Waals surface area contributed by atoms with Crippen molar-refractivity contribution in [3.8, 4) is 5.75 Å². The average molecular weight is 440 g/mol. The Labute approximate surface area is 192 Å². The minimum atomic E-state index is 0.344. The van der Waals surface area contributed by atoms with Crippen molar-refractivity contribution in [2.45, 2.75) is 45.4 Å². The van der Waals surface area contributed by atoms with Gasteiger partial charge < -0.3 is 24.4 Å². The Morgan fingerprint density at radius 2 is 1.72 bits per heavy atom. The molecule has 0 spiro atoms. The first kappa shape index (κ1) is 24.1. The molecule has 1 saturated heterocycles. The number of nitrogens with zero attached hydrogens (tertiary/aromatic N) is 2. The molecule has 0 radical (unpaired) electrons. The predicted molar refractivity (Wildman–Crippen MR) is 129 cm³/mol. The molecule has 1 N–H and O–H groups in total. The quantitative estimate of drug-likeness (QED) is 0.322. The maximum absolute atomic E-state index is 5.98. The van der Waals surface area contributed by atoms with E-state index < -0.39 is 0 Å². The average Bonchev–Trinajstić information content (AvgIpc) is 2.85. The summed E-state index contributed by atoms with van der Waals surface area (Å²) in [5.41, 5.74) is 2.35. The molecule has 0 unspecified atom stereocenters. The van der Waals surface area contributed by atoms with E-state index in [1.807, 2.05) is 30.3 Å². The van der Waals surface area contributed by atoms with Crippen LogP contribution in [0.2, 0.25) is 0 Å². The second-order valence-electron chi connectivity index (χ2n) is 7.99. The number of likely N-dealkylation sites (tertiary alicyclic amines) is 1. The molecule has 0 bridgehead atoms. The van der Waals surface area contributed by atoms with Crippen LogP contribution in [0.3, 0.4) is 0 Å². The van der Waals surface area contributed by atoms with Crippen molar-refractivity contribution in [2.24, 2.45) is 4.99 Å². The van der Waals surface area contributed by atoms with E-state index in [2.05, 4.69) is 41.4 Å². The third kappa shape index (κ3) is 8.17. The van der Waals surface area contributed by atoms with E-state index in [4.69, 9.17) is 19.2 Å². The number of hydrogen-bond acceptors (Lipinski definition) is 4. The highest BCUT2D eigenvalue weighted by Gasteiger charge is 2.21. The van der Waals surface area contributed by atoms with E-state index >= 15 is 0 Å². The Kier molecular flexibility index (Phi) is 10.4. The Balaban J connectivity index is 1.46. The van der Waals surface area contributed by atoms with Gasteiger partial charge in [0.05, 0.1) is 12.6 Å². The van der Waals surface area contributed by atoms with E-state index in [-0.39, 0.29) is 0 Å². The highest BCUT2D eigenvalue weighted by Crippen LogP contribution is 2.15. The molecular formula is C26H37N3O3. The van der Waals surface area contributed by atoms with E-state index in [1.165, 1.54) is 5.56 Å². The Hall–Kier alpha value is -2.57. The minimum absolute atomic E-state index is 0.344. The maximum atomic E-state index is 5.98. The molecule has 0 aromatic heterocycles. The molecule has 0 aliphatic carbocycles. The monoisotopic (exact) mass is 439 g/mol. The summed E-state index contributed by atoms with van der Waals surface area (Å²) in [5, 5.41) is 3.45. The topological polar surface area (TPSA) is 55.3 Å². The molecule has 1 heterocycles. The number of aliphatic imine (C=N–C) groups is 1. The van der Waals surface area contributed by atoms with Gasteiger partial charge in [0.2, 0.25) is 0 Å². The molecule has 174 valence electrons. The van der Waals surface area contributed by atoms with Crippen LogP contribution in [0.1, 0.15) is 37.3 Å². The lowest BCUT2D eigenvalue weighted by molar-refractivity contribution is 0.00990. The molecule has 0 amide bonds. The number of hydrogen-bond donors (Lipinski definition) is 1. The molecule has 1 fully saturated rings. The number of nitrogens with one attached hydrogen (secondary N) is 1. The van der Waals surface area contributed by atoms with Crippen LogP contribution in [0, 0.1) is 0 Å². The third-order valence-electron chi connectivity index (χ3n) is 5.51. The van der Waals surface area contributed by atoms with Gasteiger partial charge in [-0.1, -0.05) is 42.5 Å². The Bertz CT molecular complexity index is 788. The first-order chi connectivity index (χ1) is 15.8. The van der Waals surface area contributed by atoms with Gasteiger partial charge in [-0.15, -0.1) is 0 Å². The van der Waals surface area contributed by atoms with E-state index in [9.17, 15) is 0 Å². The maximum Gasteiger partial charge on any atom is 0.194 e. The second kappa shape index (κ2) is 13.8. The van der Waals surface area contributed by atoms with Gasteiger partial charge in [-0.05, 0) is 49.4 Å². The molecule has 3 rings (SSSR count). The lowest BCUT2D eigenvalue weighted by atomic mass is 10.1. The van der Waals surface area contributed by atoms with Gasteiger partial charge in [0, 0.05) is 40.0 Å². The zero-order valence-corrected chi connectivity index (χ0v) is 19.5. The molecule has 2 aromatic rings. The summed E-state index contributed by atoms with van der Waals surface area (Å²) >= 11 is 0. The lowest BCUT2D eigenvalue weighted by Gasteiger charge is -2.34. The van der Waals surface area contributed by atoms with E-state index in [1.54, 1.807) is 7.11 Å². The molecular weight excluding hydrogens is 402 g/mol. The molecule has 2 aromatic carbocycles. The first-order valence-corrected chi connectivity index (χ1v) is 11.7. The van der Waals surface area contributed by atoms with Crippen molar-refractivity contribution in [2.75, 3.05) is 40.0 Å². The van der Waals surface area contributed by atoms with Crippen molar-refractivity contribution in [3.05, 3.63) is 65.7 Å². The van der Waals surface area contributed by atoms with Crippen LogP contribution < -0.4 is 10.1 Å². The Morgan fingerprint density at radius 1 is 1.00 bits per heavy atom. The van der Waals surface area contributed by atoms with Crippen LogP contribution in [0.25, 0.3) is 0 Å². The fourth-order valence-electron chi connectivity index (χ4n) is 3.70. The van der Waals surface area contributed by atoms with Crippen molar-refractivity contribution < 1.29 is 14.2 Å². The zero-order chi connectivity index (χ0) is 22.4. The summed E-state index contributed by atoms with van der Waals surface area (Å²) in [4.78, 5) is 7.23. The van der Waals surface area contributed by atoms with Gasteiger partial charge in [0.1, 0.15) is 12.4 Å². The van der Waals surface area contributed by atoms with Gasteiger partial charge in [-0.2, -0.15) is 0 Å². The van der Waals surface area contributed by atoms with E-state index in [0.717, 1.165) is 69.4 Å². The summed E-state index contributed by atoms with van der Waals surface area (Å²) in [6.07, 6.45) is 3.37. The highest BCUT2D eigenvalue weighted by atomic mass is 16.5. The number of rotatable bonds is 11. The fourth-order valence-corrected chi connectivity index (χ4v) is 3.70. The van der Waals surface area contributed by atoms with Crippen LogP contribution in [-0.2, 0) is 22.6 Å². The SMILES string of the molecule is CCNC(=NCc1ccc(COc2ccccc2)cc1)N1CCC(OCCCOC)CC1. The number of piperidine rings is 1. The summed E-state index contributed by atoms with van der Waals surface area (Å²) in [6.45, 7) is 7.68. The molecule has 0 atom stereocenters. The van der Waals surface area contributed by atoms with Crippen molar-refractivity contribution in [1.29, 1.82) is 0 Å². The van der Waals surface area contributed by atoms with Crippen LogP contribution in [0.4, 0.5) is 0 Å². The smallest absolute Gasteiger partial charge is 0.194 e. The second-order valence-corrected chi connectivity index (χ2v) is 7.99. The summed E-state index contributed by atoms with van der Waals surface area (Å²) in [6, 6.07) is 18.4. The molecule has 1 aliphatic heterocycles. The van der Waals surface area contributed by atoms with Crippen LogP contribution in [0.5, 0.6) is 5.75 Å². The molecule has 1 aliphatic rings. The van der Waals surface area contributed by atoms with Crippen LogP contribution >= 0.6 is 0 Å². The molecule has 32 heavy (non-hydrogen) atoms. The predicted octanol–water partition coefficient (Wildman–Crippen LogP) is 4.25. The van der Waals surface area contributed by atoms with Crippen LogP contribution in [0.15, 0.2) is 59.6 Å². The zero-order valence-electron chi connectivity index (χ0n) is 19.5. The Morgan fingerprint density at radius 3 is 2.41 bits per heavy atom. The molecule has 6 heteroatoms. The van der Waals surface area contributed by atoms with Gasteiger partial charge >= 0.3 is 0 Å². The minimum Gasteiger partial charge on any atom is -0.489 e. The van der Waals surface area contributed by atoms with Gasteiger partial charge in [-0.25, -0.2) is 4.99 Å². The highest BCUT2D eigenvalue weighted by molar-refractivity contribution is 5.80. The van der Waals surface area contributed by atoms with Crippen molar-refractivity contribution in [3.63, 3.8) is 0 Å². The lowest BCUT2D eigenvalue weighted by Crippen LogP contribution is -2.47. The fraction of sp³-hybridized carbons (Fsp3) is 0.500.